The molecule has 1 heterocycles. The molecule has 34 heavy (non-hydrogen) atoms. The summed E-state index contributed by atoms with van der Waals surface area (Å²) in [6.45, 7) is 1.84. The highest BCUT2D eigenvalue weighted by atomic mass is 35.5. The van der Waals surface area contributed by atoms with Gasteiger partial charge in [-0.2, -0.15) is 5.10 Å². The Hall–Kier alpha value is -3.90. The van der Waals surface area contributed by atoms with Crippen LogP contribution < -0.4 is 10.7 Å². The summed E-state index contributed by atoms with van der Waals surface area (Å²) >= 11 is 5.92. The Morgan fingerprint density at radius 3 is 2.53 bits per heavy atom. The van der Waals surface area contributed by atoms with Crippen molar-refractivity contribution in [1.82, 2.24) is 5.43 Å². The van der Waals surface area contributed by atoms with Crippen LogP contribution in [0.2, 0.25) is 5.02 Å². The molecular weight excluding hydrogens is 450 g/mol. The fourth-order valence-corrected chi connectivity index (χ4v) is 4.45. The second-order valence-corrected chi connectivity index (χ2v) is 8.63. The zero-order valence-corrected chi connectivity index (χ0v) is 19.3. The number of amides is 2. The third-order valence-corrected chi connectivity index (χ3v) is 6.21. The van der Waals surface area contributed by atoms with Crippen molar-refractivity contribution in [3.05, 3.63) is 100.0 Å². The first-order valence-corrected chi connectivity index (χ1v) is 11.4. The average Bonchev–Trinajstić information content (AvgIpc) is 3.20. The van der Waals surface area contributed by atoms with Gasteiger partial charge < -0.3 is 9.73 Å². The molecular formula is C27H22ClN3O3. The van der Waals surface area contributed by atoms with E-state index in [1.165, 1.54) is 0 Å². The van der Waals surface area contributed by atoms with Crippen LogP contribution in [0.4, 0.5) is 5.69 Å². The number of benzene rings is 3. The zero-order valence-electron chi connectivity index (χ0n) is 18.5. The topological polar surface area (TPSA) is 83.7 Å². The third kappa shape index (κ3) is 4.20. The van der Waals surface area contributed by atoms with E-state index in [9.17, 15) is 9.59 Å². The van der Waals surface area contributed by atoms with Crippen molar-refractivity contribution < 1.29 is 14.0 Å². The summed E-state index contributed by atoms with van der Waals surface area (Å²) in [6, 6.07) is 20.2. The summed E-state index contributed by atoms with van der Waals surface area (Å²) in [7, 11) is 0. The Morgan fingerprint density at radius 1 is 0.941 bits per heavy atom. The molecule has 0 fully saturated rings. The van der Waals surface area contributed by atoms with Crippen LogP contribution in [-0.4, -0.2) is 17.5 Å². The second kappa shape index (κ2) is 9.15. The number of carbonyl (C=O) groups excluding carboxylic acids is 2. The minimum Gasteiger partial charge on any atom is -0.455 e. The smallest absolute Gasteiger partial charge is 0.291 e. The first-order chi connectivity index (χ1) is 16.5. The van der Waals surface area contributed by atoms with Gasteiger partial charge in [-0.1, -0.05) is 48.0 Å². The van der Waals surface area contributed by atoms with Crippen LogP contribution in [0.15, 0.2) is 76.2 Å². The van der Waals surface area contributed by atoms with Crippen molar-refractivity contribution in [1.29, 1.82) is 0 Å². The molecule has 0 bridgehead atoms. The van der Waals surface area contributed by atoms with E-state index in [2.05, 4.69) is 15.8 Å². The van der Waals surface area contributed by atoms with E-state index in [1.54, 1.807) is 30.3 Å². The van der Waals surface area contributed by atoms with Gasteiger partial charge in [0.2, 0.25) is 0 Å². The van der Waals surface area contributed by atoms with Gasteiger partial charge >= 0.3 is 0 Å². The van der Waals surface area contributed by atoms with Crippen LogP contribution in [0.3, 0.4) is 0 Å². The summed E-state index contributed by atoms with van der Waals surface area (Å²) in [5.41, 5.74) is 6.11. The molecule has 3 aromatic carbocycles. The minimum absolute atomic E-state index is 0.245. The minimum atomic E-state index is -0.339. The number of nitrogens with one attached hydrogen (secondary N) is 2. The molecule has 5 rings (SSSR count). The average molecular weight is 472 g/mol. The Balaban J connectivity index is 1.40. The van der Waals surface area contributed by atoms with Gasteiger partial charge in [0.05, 0.1) is 5.71 Å². The van der Waals surface area contributed by atoms with E-state index in [-0.39, 0.29) is 17.6 Å². The van der Waals surface area contributed by atoms with Gasteiger partial charge in [-0.25, -0.2) is 5.43 Å². The van der Waals surface area contributed by atoms with Crippen LogP contribution in [-0.2, 0) is 6.42 Å². The van der Waals surface area contributed by atoms with E-state index in [1.807, 2.05) is 43.3 Å². The van der Waals surface area contributed by atoms with Crippen LogP contribution >= 0.6 is 11.6 Å². The fourth-order valence-electron chi connectivity index (χ4n) is 4.32. The van der Waals surface area contributed by atoms with Crippen LogP contribution in [0.5, 0.6) is 0 Å². The summed E-state index contributed by atoms with van der Waals surface area (Å²) in [6.07, 6.45) is 2.21. The predicted octanol–water partition coefficient (Wildman–Crippen LogP) is 6.12. The number of carbonyl (C=O) groups is 2. The molecule has 1 aromatic heterocycles. The lowest BCUT2D eigenvalue weighted by atomic mass is 9.93. The van der Waals surface area contributed by atoms with Crippen molar-refractivity contribution in [3.63, 3.8) is 0 Å². The van der Waals surface area contributed by atoms with Crippen molar-refractivity contribution in [2.45, 2.75) is 26.2 Å². The molecule has 2 amide bonds. The van der Waals surface area contributed by atoms with E-state index < -0.39 is 0 Å². The Labute approximate surface area is 201 Å². The molecule has 1 aliphatic rings. The molecule has 0 radical (unpaired) electrons. The number of halogens is 1. The maximum atomic E-state index is 12.9. The van der Waals surface area contributed by atoms with Gasteiger partial charge in [0.1, 0.15) is 5.76 Å². The zero-order chi connectivity index (χ0) is 23.7. The first kappa shape index (κ1) is 21.9. The molecule has 1 aliphatic carbocycles. The van der Waals surface area contributed by atoms with E-state index >= 15 is 0 Å². The maximum absolute atomic E-state index is 12.9. The van der Waals surface area contributed by atoms with Crippen molar-refractivity contribution >= 4 is 45.6 Å². The maximum Gasteiger partial charge on any atom is 0.291 e. The quantitative estimate of drug-likeness (QED) is 0.352. The molecule has 6 nitrogen and oxygen atoms in total. The molecule has 0 aliphatic heterocycles. The molecule has 2 N–H and O–H groups in total. The highest BCUT2D eigenvalue weighted by molar-refractivity contribution is 6.30. The molecule has 0 saturated heterocycles. The molecule has 4 aromatic rings. The normalized spacial score (nSPS) is 14.1. The van der Waals surface area contributed by atoms with Gasteiger partial charge in [0, 0.05) is 33.8 Å². The van der Waals surface area contributed by atoms with E-state index in [0.717, 1.165) is 22.8 Å². The number of fused-ring (bicyclic) bond motifs is 2. The number of furan rings is 1. The molecule has 0 spiro atoms. The summed E-state index contributed by atoms with van der Waals surface area (Å²) < 4.78 is 5.94. The lowest BCUT2D eigenvalue weighted by Crippen LogP contribution is -2.22. The summed E-state index contributed by atoms with van der Waals surface area (Å²) in [4.78, 5) is 25.8. The Morgan fingerprint density at radius 2 is 1.71 bits per heavy atom. The second-order valence-electron chi connectivity index (χ2n) is 8.20. The molecule has 0 atom stereocenters. The monoisotopic (exact) mass is 471 g/mol. The number of aryl methyl sites for hydroxylation is 1. The molecule has 170 valence electrons. The summed E-state index contributed by atoms with van der Waals surface area (Å²) in [5, 5.41) is 9.73. The molecule has 0 unspecified atom stereocenters. The first-order valence-electron chi connectivity index (χ1n) is 11.1. The highest BCUT2D eigenvalue weighted by Gasteiger charge is 2.28. The van der Waals surface area contributed by atoms with Crippen molar-refractivity contribution in [3.8, 4) is 0 Å². The Bertz CT molecular complexity index is 1430. The van der Waals surface area contributed by atoms with Crippen molar-refractivity contribution in [2.24, 2.45) is 5.10 Å². The predicted molar refractivity (Wildman–Crippen MR) is 134 cm³/mol. The van der Waals surface area contributed by atoms with Gasteiger partial charge in [-0.15, -0.1) is 0 Å². The number of hydrazone groups is 1. The highest BCUT2D eigenvalue weighted by Crippen LogP contribution is 2.30. The van der Waals surface area contributed by atoms with Gasteiger partial charge in [0.25, 0.3) is 11.8 Å². The largest absolute Gasteiger partial charge is 0.455 e. The van der Waals surface area contributed by atoms with Crippen LogP contribution in [0.25, 0.3) is 10.8 Å². The molecule has 0 saturated carbocycles. The number of nitrogens with zero attached hydrogens (tertiary/aromatic N) is 1. The van der Waals surface area contributed by atoms with E-state index in [4.69, 9.17) is 16.0 Å². The SMILES string of the molecule is Cc1c(C(=O)Nc2ccc(Cl)cc2)oc2c1/C(=N/NC(=O)c1cccc3ccccc13)CCC2. The molecule has 7 heteroatoms. The fraction of sp³-hybridized carbons (Fsp3) is 0.148. The number of rotatable bonds is 4. The van der Waals surface area contributed by atoms with Gasteiger partial charge in [-0.3, -0.25) is 9.59 Å². The van der Waals surface area contributed by atoms with Gasteiger partial charge in [0.15, 0.2) is 5.76 Å². The van der Waals surface area contributed by atoms with Crippen molar-refractivity contribution in [2.75, 3.05) is 5.32 Å². The summed E-state index contributed by atoms with van der Waals surface area (Å²) in [5.74, 6) is 0.338. The number of hydrogen-bond donors (Lipinski definition) is 2. The lowest BCUT2D eigenvalue weighted by Gasteiger charge is -2.13. The number of hydrogen-bond acceptors (Lipinski definition) is 4. The lowest BCUT2D eigenvalue weighted by molar-refractivity contribution is 0.0955. The van der Waals surface area contributed by atoms with Gasteiger partial charge in [-0.05, 0) is 60.9 Å². The number of anilines is 1. The Kier molecular flexibility index (Phi) is 5.90. The third-order valence-electron chi connectivity index (χ3n) is 5.96. The van der Waals surface area contributed by atoms with Crippen LogP contribution in [0.1, 0.15) is 50.6 Å². The standard InChI is InChI=1S/C27H22ClN3O3/c1-16-24-22(30-31-26(32)21-9-4-7-17-6-2-3-8-20(17)21)10-5-11-23(24)34-25(16)27(33)29-19-14-12-18(28)13-15-19/h2-4,6-9,12-15H,5,10-11H2,1H3,(H,29,33)(H,31,32)/b30-22+. The van der Waals surface area contributed by atoms with E-state index in [0.29, 0.717) is 46.2 Å². The van der Waals surface area contributed by atoms with Crippen LogP contribution in [0, 0.1) is 6.92 Å².